The number of nitrogens with zero attached hydrogens (tertiary/aromatic N) is 3. The van der Waals surface area contributed by atoms with Crippen LogP contribution in [0.1, 0.15) is 18.4 Å². The fraction of sp³-hybridized carbons (Fsp3) is 0.438. The van der Waals surface area contributed by atoms with Gasteiger partial charge in [0, 0.05) is 16.5 Å². The SMILES string of the molecule is O=C(N=C1S[C@@H]2CS(=O)(=O)C[C@H]2N1/N=C\c1ccc(Cl)cc1Cl)C1CC1. The zero-order valence-electron chi connectivity index (χ0n) is 13.5. The molecule has 26 heavy (non-hydrogen) atoms. The molecule has 3 aliphatic rings. The van der Waals surface area contributed by atoms with E-state index in [-0.39, 0.29) is 34.6 Å². The number of halogens is 2. The molecule has 1 aliphatic carbocycles. The van der Waals surface area contributed by atoms with Gasteiger partial charge >= 0.3 is 0 Å². The van der Waals surface area contributed by atoms with Gasteiger partial charge in [0.15, 0.2) is 15.0 Å². The average molecular weight is 432 g/mol. The van der Waals surface area contributed by atoms with Gasteiger partial charge in [-0.2, -0.15) is 10.1 Å². The van der Waals surface area contributed by atoms with Gasteiger partial charge in [-0.25, -0.2) is 13.4 Å². The zero-order valence-corrected chi connectivity index (χ0v) is 16.7. The van der Waals surface area contributed by atoms with Gasteiger partial charge in [0.2, 0.25) is 0 Å². The Morgan fingerprint density at radius 3 is 2.73 bits per heavy atom. The number of amides is 1. The van der Waals surface area contributed by atoms with Gasteiger partial charge in [0.1, 0.15) is 0 Å². The Labute approximate surface area is 165 Å². The number of aliphatic imine (C=N–C) groups is 1. The Bertz CT molecular complexity index is 929. The summed E-state index contributed by atoms with van der Waals surface area (Å²) in [7, 11) is -3.11. The van der Waals surface area contributed by atoms with Crippen LogP contribution >= 0.6 is 35.0 Å². The van der Waals surface area contributed by atoms with E-state index in [1.165, 1.54) is 11.8 Å². The first-order valence-electron chi connectivity index (χ1n) is 8.10. The fourth-order valence-corrected chi connectivity index (χ4v) is 7.23. The van der Waals surface area contributed by atoms with Gasteiger partial charge < -0.3 is 0 Å². The molecule has 2 saturated heterocycles. The molecule has 0 radical (unpaired) electrons. The molecule has 0 spiro atoms. The number of benzene rings is 1. The molecule has 0 N–H and O–H groups in total. The molecule has 2 atom stereocenters. The highest BCUT2D eigenvalue weighted by atomic mass is 35.5. The second-order valence-electron chi connectivity index (χ2n) is 6.56. The standard InChI is InChI=1S/C16H15Cl2N3O3S2/c17-11-4-3-10(12(18)5-11)6-19-21-13-7-26(23,24)8-14(13)25-16(21)20-15(22)9-1-2-9/h3-6,9,13-14H,1-2,7-8H2/b19-6-,20-16?/t13-,14-/m1/s1. The van der Waals surface area contributed by atoms with Crippen molar-refractivity contribution in [1.29, 1.82) is 0 Å². The van der Waals surface area contributed by atoms with Gasteiger partial charge in [-0.15, -0.1) is 0 Å². The van der Waals surface area contributed by atoms with Crippen molar-refractivity contribution < 1.29 is 13.2 Å². The number of hydrogen-bond donors (Lipinski definition) is 0. The van der Waals surface area contributed by atoms with Gasteiger partial charge in [-0.05, 0) is 25.0 Å². The monoisotopic (exact) mass is 431 g/mol. The van der Waals surface area contributed by atoms with E-state index in [4.69, 9.17) is 23.2 Å². The number of amidine groups is 1. The number of carbonyl (C=O) groups is 1. The van der Waals surface area contributed by atoms with Crippen molar-refractivity contribution in [3.05, 3.63) is 33.8 Å². The van der Waals surface area contributed by atoms with Crippen molar-refractivity contribution in [2.45, 2.75) is 24.1 Å². The summed E-state index contributed by atoms with van der Waals surface area (Å²) < 4.78 is 23.9. The molecule has 1 amide bonds. The molecule has 0 bridgehead atoms. The number of hydrogen-bond acceptors (Lipinski definition) is 5. The molecule has 0 unspecified atom stereocenters. The molecule has 2 aliphatic heterocycles. The van der Waals surface area contributed by atoms with Crippen molar-refractivity contribution in [2.75, 3.05) is 11.5 Å². The summed E-state index contributed by atoms with van der Waals surface area (Å²) in [5.41, 5.74) is 0.651. The van der Waals surface area contributed by atoms with Crippen LogP contribution in [0.5, 0.6) is 0 Å². The molecule has 6 nitrogen and oxygen atoms in total. The highest BCUT2D eigenvalue weighted by Gasteiger charge is 2.49. The minimum absolute atomic E-state index is 0.00353. The normalized spacial score (nSPS) is 28.8. The third-order valence-corrected chi connectivity index (χ3v) is 8.22. The molecular weight excluding hydrogens is 417 g/mol. The Kier molecular flexibility index (Phi) is 4.79. The van der Waals surface area contributed by atoms with Crippen molar-refractivity contribution in [3.63, 3.8) is 0 Å². The lowest BCUT2D eigenvalue weighted by atomic mass is 10.2. The maximum Gasteiger partial charge on any atom is 0.251 e. The van der Waals surface area contributed by atoms with E-state index in [1.54, 1.807) is 29.4 Å². The third kappa shape index (κ3) is 3.78. The second kappa shape index (κ2) is 6.82. The zero-order chi connectivity index (χ0) is 18.5. The van der Waals surface area contributed by atoms with E-state index in [2.05, 4.69) is 10.1 Å². The molecule has 3 fully saturated rings. The minimum atomic E-state index is -3.11. The fourth-order valence-electron chi connectivity index (χ4n) is 2.93. The lowest BCUT2D eigenvalue weighted by molar-refractivity contribution is -0.118. The summed E-state index contributed by atoms with van der Waals surface area (Å²) in [5, 5.41) is 7.24. The van der Waals surface area contributed by atoms with Crippen molar-refractivity contribution in [2.24, 2.45) is 16.0 Å². The number of sulfone groups is 1. The summed E-state index contributed by atoms with van der Waals surface area (Å²) in [5.74, 6) is -0.0662. The highest BCUT2D eigenvalue weighted by molar-refractivity contribution is 8.15. The van der Waals surface area contributed by atoms with E-state index in [0.717, 1.165) is 12.8 Å². The van der Waals surface area contributed by atoms with Crippen LogP contribution in [0.25, 0.3) is 0 Å². The summed E-state index contributed by atoms with van der Waals surface area (Å²) in [6, 6.07) is 4.71. The van der Waals surface area contributed by atoms with Crippen molar-refractivity contribution >= 4 is 62.1 Å². The number of rotatable bonds is 3. The molecule has 1 aromatic carbocycles. The largest absolute Gasteiger partial charge is 0.272 e. The lowest BCUT2D eigenvalue weighted by Crippen LogP contribution is -2.33. The van der Waals surface area contributed by atoms with Crippen molar-refractivity contribution in [3.8, 4) is 0 Å². The summed E-state index contributed by atoms with van der Waals surface area (Å²) in [4.78, 5) is 16.3. The topological polar surface area (TPSA) is 79.2 Å². The van der Waals surface area contributed by atoms with Gasteiger partial charge in [0.25, 0.3) is 5.91 Å². The predicted octanol–water partition coefficient (Wildman–Crippen LogP) is 2.83. The predicted molar refractivity (Wildman–Crippen MR) is 105 cm³/mol. The lowest BCUT2D eigenvalue weighted by Gasteiger charge is -2.18. The number of hydrazone groups is 1. The summed E-state index contributed by atoms with van der Waals surface area (Å²) >= 11 is 13.4. The molecular formula is C16H15Cl2N3O3S2. The van der Waals surface area contributed by atoms with E-state index >= 15 is 0 Å². The molecule has 138 valence electrons. The Balaban J connectivity index is 1.63. The minimum Gasteiger partial charge on any atom is -0.272 e. The Morgan fingerprint density at radius 2 is 2.04 bits per heavy atom. The molecule has 1 saturated carbocycles. The summed E-state index contributed by atoms with van der Waals surface area (Å²) in [6.07, 6.45) is 3.28. The first-order chi connectivity index (χ1) is 12.3. The Hall–Kier alpha value is -1.09. The van der Waals surface area contributed by atoms with Crippen LogP contribution in [0.15, 0.2) is 28.3 Å². The van der Waals surface area contributed by atoms with Crippen LogP contribution in [-0.2, 0) is 14.6 Å². The summed E-state index contributed by atoms with van der Waals surface area (Å²) in [6.45, 7) is 0. The molecule has 10 heteroatoms. The van der Waals surface area contributed by atoms with E-state index in [1.807, 2.05) is 0 Å². The van der Waals surface area contributed by atoms with Crippen LogP contribution in [0.3, 0.4) is 0 Å². The van der Waals surface area contributed by atoms with Gasteiger partial charge in [-0.3, -0.25) is 4.79 Å². The smallest absolute Gasteiger partial charge is 0.251 e. The maximum absolute atomic E-state index is 12.1. The molecule has 1 aromatic rings. The third-order valence-electron chi connectivity index (χ3n) is 4.46. The highest BCUT2D eigenvalue weighted by Crippen LogP contribution is 2.39. The number of thioether (sulfide) groups is 1. The Morgan fingerprint density at radius 1 is 1.27 bits per heavy atom. The van der Waals surface area contributed by atoms with E-state index < -0.39 is 9.84 Å². The average Bonchev–Trinajstić information content (AvgIpc) is 3.29. The molecule has 2 heterocycles. The van der Waals surface area contributed by atoms with Crippen molar-refractivity contribution in [1.82, 2.24) is 5.01 Å². The first kappa shape index (κ1) is 18.3. The van der Waals surface area contributed by atoms with E-state index in [9.17, 15) is 13.2 Å². The number of carbonyl (C=O) groups excluding carboxylic acids is 1. The van der Waals surface area contributed by atoms with Crippen LogP contribution in [0.2, 0.25) is 10.0 Å². The van der Waals surface area contributed by atoms with Crippen LogP contribution < -0.4 is 0 Å². The van der Waals surface area contributed by atoms with E-state index in [0.29, 0.717) is 20.8 Å². The van der Waals surface area contributed by atoms with Crippen LogP contribution in [-0.4, -0.2) is 53.5 Å². The molecule has 0 aromatic heterocycles. The van der Waals surface area contributed by atoms with Crippen LogP contribution in [0, 0.1) is 5.92 Å². The van der Waals surface area contributed by atoms with Gasteiger partial charge in [-0.1, -0.05) is 41.0 Å². The maximum atomic E-state index is 12.1. The number of fused-ring (bicyclic) bond motifs is 1. The second-order valence-corrected chi connectivity index (χ2v) is 10.8. The van der Waals surface area contributed by atoms with Gasteiger partial charge in [0.05, 0.1) is 34.0 Å². The van der Waals surface area contributed by atoms with Crippen LogP contribution in [0.4, 0.5) is 0 Å². The quantitative estimate of drug-likeness (QED) is 0.687. The first-order valence-corrected chi connectivity index (χ1v) is 11.6. The molecule has 4 rings (SSSR count).